The summed E-state index contributed by atoms with van der Waals surface area (Å²) in [6.07, 6.45) is -2.85. The molecule has 0 radical (unpaired) electrons. The molecule has 0 aliphatic carbocycles. The lowest BCUT2D eigenvalue weighted by molar-refractivity contribution is -0.259. The number of nitrogen functional groups attached to an aromatic ring is 1. The molecule has 0 fully saturated rings. The Morgan fingerprint density at radius 3 is 2.26 bits per heavy atom. The zero-order valence-electron chi connectivity index (χ0n) is 16.3. The summed E-state index contributed by atoms with van der Waals surface area (Å²) in [6.45, 7) is 0.635. The van der Waals surface area contributed by atoms with Crippen LogP contribution in [-0.2, 0) is 15.4 Å². The molecule has 3 rings (SSSR count). The van der Waals surface area contributed by atoms with Gasteiger partial charge in [-0.05, 0) is 37.3 Å². The van der Waals surface area contributed by atoms with Crippen LogP contribution in [0.5, 0.6) is 0 Å². The first-order valence-electron chi connectivity index (χ1n) is 8.79. The molecular formula is C19H18F3N5O3S. The molecule has 8 nitrogen and oxygen atoms in total. The summed E-state index contributed by atoms with van der Waals surface area (Å²) in [5.74, 6) is 0.310. The molecule has 0 aromatic carbocycles. The number of rotatable bonds is 5. The van der Waals surface area contributed by atoms with Crippen LogP contribution in [0.15, 0.2) is 58.7 Å². The van der Waals surface area contributed by atoms with E-state index in [1.54, 1.807) is 0 Å². The molecule has 0 amide bonds. The van der Waals surface area contributed by atoms with Gasteiger partial charge in [0.25, 0.3) is 0 Å². The summed E-state index contributed by atoms with van der Waals surface area (Å²) < 4.78 is 64.6. The molecule has 3 heterocycles. The van der Waals surface area contributed by atoms with Crippen molar-refractivity contribution in [3.63, 3.8) is 0 Å². The molecule has 0 spiro atoms. The minimum atomic E-state index is -4.87. The first-order chi connectivity index (χ1) is 14.4. The second kappa shape index (κ2) is 7.78. The lowest BCUT2D eigenvalue weighted by Gasteiger charge is -2.26. The Morgan fingerprint density at radius 1 is 1.03 bits per heavy atom. The third-order valence-electron chi connectivity index (χ3n) is 4.60. The molecule has 0 aliphatic rings. The predicted molar refractivity (Wildman–Crippen MR) is 107 cm³/mol. The van der Waals surface area contributed by atoms with E-state index in [0.717, 1.165) is 18.5 Å². The fraction of sp³-hybridized carbons (Fsp3) is 0.211. The summed E-state index contributed by atoms with van der Waals surface area (Å²) >= 11 is 0. The van der Waals surface area contributed by atoms with Crippen molar-refractivity contribution in [2.45, 2.75) is 28.6 Å². The van der Waals surface area contributed by atoms with E-state index in [2.05, 4.69) is 20.3 Å². The first-order valence-corrected chi connectivity index (χ1v) is 10.3. The monoisotopic (exact) mass is 453 g/mol. The molecule has 3 aromatic rings. The van der Waals surface area contributed by atoms with Gasteiger partial charge in [0.1, 0.15) is 11.6 Å². The van der Waals surface area contributed by atoms with Gasteiger partial charge < -0.3 is 16.2 Å². The number of aliphatic hydroxyl groups is 1. The number of nitrogens with one attached hydrogen (secondary N) is 1. The maximum atomic E-state index is 13.0. The third kappa shape index (κ3) is 4.16. The van der Waals surface area contributed by atoms with Crippen molar-refractivity contribution in [3.8, 4) is 11.3 Å². The molecule has 0 aliphatic heterocycles. The highest BCUT2D eigenvalue weighted by atomic mass is 32.2. The first kappa shape index (κ1) is 22.4. The van der Waals surface area contributed by atoms with Crippen molar-refractivity contribution in [1.29, 1.82) is 0 Å². The van der Waals surface area contributed by atoms with Crippen molar-refractivity contribution in [2.75, 3.05) is 18.1 Å². The highest BCUT2D eigenvalue weighted by molar-refractivity contribution is 7.91. The SMILES string of the molecule is CNc1nc(S(=O)(=O)c2ccc(N)nc2)ccc1-c1ccc(C(C)(O)C(F)(F)F)cn1. The van der Waals surface area contributed by atoms with Crippen LogP contribution in [-0.4, -0.2) is 41.7 Å². The zero-order valence-corrected chi connectivity index (χ0v) is 17.2. The average Bonchev–Trinajstić information content (AvgIpc) is 2.73. The maximum Gasteiger partial charge on any atom is 0.421 e. The molecule has 31 heavy (non-hydrogen) atoms. The van der Waals surface area contributed by atoms with Crippen molar-refractivity contribution < 1.29 is 26.7 Å². The number of pyridine rings is 3. The Morgan fingerprint density at radius 2 is 1.74 bits per heavy atom. The van der Waals surface area contributed by atoms with Crippen LogP contribution in [0.2, 0.25) is 0 Å². The average molecular weight is 453 g/mol. The van der Waals surface area contributed by atoms with Crippen LogP contribution in [0.4, 0.5) is 24.8 Å². The number of hydrogen-bond acceptors (Lipinski definition) is 8. The Hall–Kier alpha value is -3.25. The number of hydrogen-bond donors (Lipinski definition) is 3. The van der Waals surface area contributed by atoms with E-state index in [0.29, 0.717) is 12.5 Å². The van der Waals surface area contributed by atoms with E-state index in [1.807, 2.05) is 0 Å². The van der Waals surface area contributed by atoms with Crippen molar-refractivity contribution in [1.82, 2.24) is 15.0 Å². The van der Waals surface area contributed by atoms with Gasteiger partial charge in [-0.25, -0.2) is 18.4 Å². The fourth-order valence-corrected chi connectivity index (χ4v) is 3.80. The molecule has 1 atom stereocenters. The lowest BCUT2D eigenvalue weighted by Crippen LogP contribution is -2.39. The Labute approximate surface area is 175 Å². The largest absolute Gasteiger partial charge is 0.421 e. The minimum Gasteiger partial charge on any atom is -0.384 e. The van der Waals surface area contributed by atoms with E-state index in [-0.39, 0.29) is 27.3 Å². The van der Waals surface area contributed by atoms with Crippen molar-refractivity contribution in [2.24, 2.45) is 0 Å². The highest BCUT2D eigenvalue weighted by Crippen LogP contribution is 2.38. The molecule has 4 N–H and O–H groups in total. The number of alkyl halides is 3. The van der Waals surface area contributed by atoms with Crippen LogP contribution in [0, 0.1) is 0 Å². The third-order valence-corrected chi connectivity index (χ3v) is 6.25. The maximum absolute atomic E-state index is 13.0. The summed E-state index contributed by atoms with van der Waals surface area (Å²) in [5, 5.41) is 12.3. The summed E-state index contributed by atoms with van der Waals surface area (Å²) in [4.78, 5) is 11.8. The normalized spacial score (nSPS) is 14.1. The molecule has 164 valence electrons. The standard InChI is InChI=1S/C19H18F3N5O3S/c1-18(28,19(20,21)22)11-3-6-14(25-9-11)13-5-8-16(27-17(13)24-2)31(29,30)12-4-7-15(23)26-10-12/h3-10,28H,1-2H3,(H2,23,26)(H,24,27). The fourth-order valence-electron chi connectivity index (χ4n) is 2.66. The highest BCUT2D eigenvalue weighted by Gasteiger charge is 2.51. The van der Waals surface area contributed by atoms with Crippen LogP contribution < -0.4 is 11.1 Å². The van der Waals surface area contributed by atoms with Gasteiger partial charge in [0, 0.05) is 30.6 Å². The Kier molecular flexibility index (Phi) is 5.63. The van der Waals surface area contributed by atoms with E-state index >= 15 is 0 Å². The number of nitrogens with zero attached hydrogens (tertiary/aromatic N) is 3. The predicted octanol–water partition coefficient (Wildman–Crippen LogP) is 2.77. The van der Waals surface area contributed by atoms with Crippen molar-refractivity contribution >= 4 is 21.5 Å². The quantitative estimate of drug-likeness (QED) is 0.538. The summed E-state index contributed by atoms with van der Waals surface area (Å²) in [6, 6.07) is 7.72. The number of nitrogens with two attached hydrogens (primary N) is 1. The van der Waals surface area contributed by atoms with E-state index < -0.39 is 27.2 Å². The van der Waals surface area contributed by atoms with Gasteiger partial charge in [-0.3, -0.25) is 4.98 Å². The van der Waals surface area contributed by atoms with E-state index in [1.165, 1.54) is 37.4 Å². The van der Waals surface area contributed by atoms with Gasteiger partial charge in [0.2, 0.25) is 9.84 Å². The molecule has 0 saturated carbocycles. The molecule has 0 bridgehead atoms. The zero-order chi connectivity index (χ0) is 23.0. The molecule has 3 aromatic heterocycles. The number of sulfone groups is 1. The topological polar surface area (TPSA) is 131 Å². The molecule has 0 saturated heterocycles. The van der Waals surface area contributed by atoms with E-state index in [9.17, 15) is 26.7 Å². The van der Waals surface area contributed by atoms with Crippen LogP contribution in [0.25, 0.3) is 11.3 Å². The van der Waals surface area contributed by atoms with E-state index in [4.69, 9.17) is 5.73 Å². The minimum absolute atomic E-state index is 0.0964. The van der Waals surface area contributed by atoms with Crippen LogP contribution in [0.3, 0.4) is 0 Å². The van der Waals surface area contributed by atoms with Crippen molar-refractivity contribution in [3.05, 3.63) is 54.4 Å². The molecular weight excluding hydrogens is 435 g/mol. The Balaban J connectivity index is 2.00. The Bertz CT molecular complexity index is 1200. The van der Waals surface area contributed by atoms with Gasteiger partial charge in [0.15, 0.2) is 10.6 Å². The molecule has 1 unspecified atom stereocenters. The number of halogens is 3. The molecule has 12 heteroatoms. The second-order valence-electron chi connectivity index (χ2n) is 6.72. The lowest BCUT2D eigenvalue weighted by atomic mass is 9.96. The van der Waals surface area contributed by atoms with Gasteiger partial charge in [-0.15, -0.1) is 0 Å². The number of aromatic nitrogens is 3. The van der Waals surface area contributed by atoms with Gasteiger partial charge in [0.05, 0.1) is 10.6 Å². The second-order valence-corrected chi connectivity index (χ2v) is 8.62. The van der Waals surface area contributed by atoms with Crippen LogP contribution in [0.1, 0.15) is 12.5 Å². The summed E-state index contributed by atoms with van der Waals surface area (Å²) in [5.41, 5.74) is 2.58. The summed E-state index contributed by atoms with van der Waals surface area (Å²) in [7, 11) is -2.47. The smallest absolute Gasteiger partial charge is 0.384 e. The van der Waals surface area contributed by atoms with Gasteiger partial charge in [-0.1, -0.05) is 6.07 Å². The number of anilines is 2. The van der Waals surface area contributed by atoms with Gasteiger partial charge >= 0.3 is 6.18 Å². The van der Waals surface area contributed by atoms with Gasteiger partial charge in [-0.2, -0.15) is 13.2 Å². The van der Waals surface area contributed by atoms with Crippen LogP contribution >= 0.6 is 0 Å².